The first-order valence-corrected chi connectivity index (χ1v) is 13.5. The topological polar surface area (TPSA) is 109 Å². The van der Waals surface area contributed by atoms with Crippen molar-refractivity contribution in [2.45, 2.75) is 41.5 Å². The summed E-state index contributed by atoms with van der Waals surface area (Å²) in [4.78, 5) is 62.9. The summed E-state index contributed by atoms with van der Waals surface area (Å²) in [6.45, 7) is 12.3. The zero-order chi connectivity index (χ0) is 28.6. The number of hydrogen-bond donors (Lipinski definition) is 0. The molecule has 2 aliphatic heterocycles. The first kappa shape index (κ1) is 26.0. The lowest BCUT2D eigenvalue weighted by atomic mass is 9.64. The molecule has 2 bridgehead atoms. The van der Waals surface area contributed by atoms with Crippen LogP contribution in [-0.4, -0.2) is 73.5 Å². The average Bonchev–Trinajstić information content (AvgIpc) is 2.90. The van der Waals surface area contributed by atoms with E-state index in [0.717, 1.165) is 33.8 Å². The molecule has 0 radical (unpaired) electrons. The first-order valence-electron chi connectivity index (χ1n) is 13.5. The Morgan fingerprint density at radius 1 is 0.600 bits per heavy atom. The number of fused-ring (bicyclic) bond motifs is 4. The minimum absolute atomic E-state index is 0.0963. The number of nitrogens with zero attached hydrogens (tertiary/aromatic N) is 6. The van der Waals surface area contributed by atoms with Gasteiger partial charge < -0.3 is 9.80 Å². The number of piperidine rings is 2. The van der Waals surface area contributed by atoms with E-state index in [2.05, 4.69) is 19.9 Å². The number of aromatic nitrogens is 4. The molecule has 204 valence electrons. The van der Waals surface area contributed by atoms with E-state index in [4.69, 9.17) is 0 Å². The second kappa shape index (κ2) is 8.87. The van der Waals surface area contributed by atoms with Crippen LogP contribution in [0, 0.1) is 38.5 Å². The molecular weight excluding hydrogens is 504 g/mol. The Kier molecular flexibility index (Phi) is 5.76. The summed E-state index contributed by atoms with van der Waals surface area (Å²) >= 11 is 0. The smallest absolute Gasteiger partial charge is 0.253 e. The van der Waals surface area contributed by atoms with E-state index in [0.29, 0.717) is 22.2 Å². The fraction of sp³-hybridized carbons (Fsp3) is 0.387. The Morgan fingerprint density at radius 2 is 0.925 bits per heavy atom. The number of carbonyl (C=O) groups is 3. The van der Waals surface area contributed by atoms with Gasteiger partial charge in [-0.25, -0.2) is 19.9 Å². The molecule has 9 heteroatoms. The summed E-state index contributed by atoms with van der Waals surface area (Å²) in [6, 6.07) is 10.7. The molecule has 0 saturated carbocycles. The van der Waals surface area contributed by atoms with Crippen molar-refractivity contribution in [2.24, 2.45) is 10.8 Å². The lowest BCUT2D eigenvalue weighted by molar-refractivity contribution is -0.153. The second-order valence-electron chi connectivity index (χ2n) is 12.0. The molecule has 2 amide bonds. The van der Waals surface area contributed by atoms with Gasteiger partial charge in [-0.1, -0.05) is 0 Å². The summed E-state index contributed by atoms with van der Waals surface area (Å²) < 4.78 is 0. The molecule has 0 aliphatic carbocycles. The van der Waals surface area contributed by atoms with Gasteiger partial charge in [0.05, 0.1) is 55.7 Å². The quantitative estimate of drug-likeness (QED) is 0.381. The predicted octanol–water partition coefficient (Wildman–Crippen LogP) is 4.00. The van der Waals surface area contributed by atoms with Crippen molar-refractivity contribution in [1.82, 2.24) is 29.7 Å². The van der Waals surface area contributed by atoms with Gasteiger partial charge >= 0.3 is 0 Å². The highest BCUT2D eigenvalue weighted by Crippen LogP contribution is 2.43. The van der Waals surface area contributed by atoms with E-state index in [9.17, 15) is 14.4 Å². The molecule has 0 unspecified atom stereocenters. The van der Waals surface area contributed by atoms with Gasteiger partial charge in [-0.2, -0.15) is 0 Å². The number of amides is 2. The van der Waals surface area contributed by atoms with Crippen LogP contribution in [0.15, 0.2) is 36.4 Å². The van der Waals surface area contributed by atoms with Crippen LogP contribution in [0.5, 0.6) is 0 Å². The highest BCUT2D eigenvalue weighted by Gasteiger charge is 2.57. The molecule has 4 aromatic rings. The third-order valence-electron chi connectivity index (χ3n) is 8.47. The minimum Gasteiger partial charge on any atom is -0.337 e. The van der Waals surface area contributed by atoms with Gasteiger partial charge in [0, 0.05) is 37.3 Å². The van der Waals surface area contributed by atoms with Crippen LogP contribution in [0.25, 0.3) is 22.1 Å². The van der Waals surface area contributed by atoms with Crippen molar-refractivity contribution in [3.63, 3.8) is 0 Å². The Balaban J connectivity index is 1.27. The van der Waals surface area contributed by atoms with Gasteiger partial charge in [-0.05, 0) is 77.9 Å². The molecule has 9 nitrogen and oxygen atoms in total. The van der Waals surface area contributed by atoms with Crippen molar-refractivity contribution in [2.75, 3.05) is 26.2 Å². The monoisotopic (exact) mass is 536 g/mol. The fourth-order valence-corrected chi connectivity index (χ4v) is 6.29. The number of ketones is 1. The predicted molar refractivity (Wildman–Crippen MR) is 151 cm³/mol. The first-order chi connectivity index (χ1) is 18.9. The van der Waals surface area contributed by atoms with Gasteiger partial charge in [0.2, 0.25) is 0 Å². The molecule has 40 heavy (non-hydrogen) atoms. The van der Waals surface area contributed by atoms with Crippen LogP contribution in [0.3, 0.4) is 0 Å². The highest BCUT2D eigenvalue weighted by molar-refractivity contribution is 6.02. The average molecular weight is 537 g/mol. The maximum absolute atomic E-state index is 13.7. The zero-order valence-electron chi connectivity index (χ0n) is 23.7. The van der Waals surface area contributed by atoms with Gasteiger partial charge in [0.25, 0.3) is 11.8 Å². The number of benzene rings is 2. The normalized spacial score (nSPS) is 22.7. The van der Waals surface area contributed by atoms with Gasteiger partial charge in [-0.3, -0.25) is 14.4 Å². The summed E-state index contributed by atoms with van der Waals surface area (Å²) in [7, 11) is 0. The SMILES string of the molecule is Cc1nc2ccc(C(=O)N3CC4(C)CN(C(=O)c5ccc6nc(C)c(C)nc6c5)CC(C)(C3)C4=O)cc2nc1C. The molecule has 4 heterocycles. The molecular formula is C31H32N6O3. The van der Waals surface area contributed by atoms with Crippen LogP contribution < -0.4 is 0 Å². The van der Waals surface area contributed by atoms with Gasteiger partial charge in [0.15, 0.2) is 5.78 Å². The maximum atomic E-state index is 13.7. The van der Waals surface area contributed by atoms with E-state index in [1.807, 2.05) is 53.7 Å². The molecule has 0 spiro atoms. The van der Waals surface area contributed by atoms with Gasteiger partial charge in [0.1, 0.15) is 0 Å². The largest absolute Gasteiger partial charge is 0.337 e. The fourth-order valence-electron chi connectivity index (χ4n) is 6.29. The summed E-state index contributed by atoms with van der Waals surface area (Å²) in [5, 5.41) is 0. The van der Waals surface area contributed by atoms with Crippen molar-refractivity contribution in [3.05, 3.63) is 70.3 Å². The lowest BCUT2D eigenvalue weighted by Gasteiger charge is -2.55. The third-order valence-corrected chi connectivity index (χ3v) is 8.47. The highest BCUT2D eigenvalue weighted by atomic mass is 16.2. The molecule has 2 saturated heterocycles. The molecule has 2 fully saturated rings. The molecule has 0 N–H and O–H groups in total. The van der Waals surface area contributed by atoms with Crippen LogP contribution in [0.4, 0.5) is 0 Å². The van der Waals surface area contributed by atoms with Crippen LogP contribution in [0.1, 0.15) is 57.3 Å². The Labute approximate surface area is 232 Å². The molecule has 2 aromatic heterocycles. The number of rotatable bonds is 2. The van der Waals surface area contributed by atoms with Crippen molar-refractivity contribution in [3.8, 4) is 0 Å². The summed E-state index contributed by atoms with van der Waals surface area (Å²) in [5.41, 5.74) is 5.44. The van der Waals surface area contributed by atoms with Crippen molar-refractivity contribution >= 4 is 39.7 Å². The van der Waals surface area contributed by atoms with E-state index >= 15 is 0 Å². The molecule has 2 aliphatic rings. The number of hydrogen-bond acceptors (Lipinski definition) is 7. The molecule has 2 aromatic carbocycles. The standard InChI is InChI=1S/C31H32N6O3/c1-17-19(3)34-25-11-21(7-9-23(25)32-17)27(38)36-13-30(5)15-37(16-31(6,14-36)29(30)40)28(39)22-8-10-24-26(12-22)35-20(4)18(2)33-24/h7-12H,13-16H2,1-6H3. The number of Topliss-reactive ketones (excluding diaryl/α,β-unsaturated/α-hetero) is 1. The van der Waals surface area contributed by atoms with Gasteiger partial charge in [-0.15, -0.1) is 0 Å². The van der Waals surface area contributed by atoms with Crippen LogP contribution >= 0.6 is 0 Å². The van der Waals surface area contributed by atoms with Crippen LogP contribution in [0.2, 0.25) is 0 Å². The van der Waals surface area contributed by atoms with E-state index in [-0.39, 0.29) is 43.8 Å². The molecule has 6 rings (SSSR count). The summed E-state index contributed by atoms with van der Waals surface area (Å²) in [6.07, 6.45) is 0. The summed E-state index contributed by atoms with van der Waals surface area (Å²) in [5.74, 6) is -0.199. The number of carbonyl (C=O) groups excluding carboxylic acids is 3. The number of aryl methyl sites for hydroxylation is 4. The number of likely N-dealkylation sites (tertiary alicyclic amines) is 2. The van der Waals surface area contributed by atoms with E-state index in [1.165, 1.54) is 0 Å². The lowest BCUT2D eigenvalue weighted by Crippen LogP contribution is -2.69. The van der Waals surface area contributed by atoms with E-state index in [1.54, 1.807) is 34.1 Å². The molecule has 0 atom stereocenters. The van der Waals surface area contributed by atoms with Crippen LogP contribution in [-0.2, 0) is 4.79 Å². The maximum Gasteiger partial charge on any atom is 0.253 e. The Hall–Kier alpha value is -4.27. The minimum atomic E-state index is -0.884. The zero-order valence-corrected chi connectivity index (χ0v) is 23.7. The third kappa shape index (κ3) is 4.11. The Morgan fingerprint density at radius 3 is 1.27 bits per heavy atom. The van der Waals surface area contributed by atoms with Crippen molar-refractivity contribution in [1.29, 1.82) is 0 Å². The van der Waals surface area contributed by atoms with Crippen molar-refractivity contribution < 1.29 is 14.4 Å². The Bertz CT molecular complexity index is 1620. The second-order valence-corrected chi connectivity index (χ2v) is 12.0. The van der Waals surface area contributed by atoms with E-state index < -0.39 is 10.8 Å².